The fourth-order valence-electron chi connectivity index (χ4n) is 3.62. The molecule has 2 heterocycles. The Morgan fingerprint density at radius 3 is 2.65 bits per heavy atom. The van der Waals surface area contributed by atoms with E-state index in [-0.39, 0.29) is 21.9 Å². The molecule has 1 aromatic carbocycles. The minimum Gasteiger partial charge on any atom is -0.379 e. The number of hydrogen-bond donors (Lipinski definition) is 0. The van der Waals surface area contributed by atoms with Crippen LogP contribution in [0.5, 0.6) is 0 Å². The van der Waals surface area contributed by atoms with E-state index in [9.17, 15) is 13.2 Å². The molecule has 0 N–H and O–H groups in total. The lowest BCUT2D eigenvalue weighted by atomic mass is 9.99. The summed E-state index contributed by atoms with van der Waals surface area (Å²) >= 11 is 6.18. The second-order valence-electron chi connectivity index (χ2n) is 6.72. The van der Waals surface area contributed by atoms with Crippen molar-refractivity contribution in [3.8, 4) is 0 Å². The van der Waals surface area contributed by atoms with Crippen LogP contribution in [0, 0.1) is 0 Å². The summed E-state index contributed by atoms with van der Waals surface area (Å²) < 4.78 is 32.5. The monoisotopic (exact) mass is 400 g/mol. The van der Waals surface area contributed by atoms with Crippen LogP contribution >= 0.6 is 11.6 Å². The van der Waals surface area contributed by atoms with Gasteiger partial charge in [0.15, 0.2) is 0 Å². The third-order valence-corrected chi connectivity index (χ3v) is 7.51. The molecule has 0 aromatic heterocycles. The Bertz CT molecular complexity index is 762. The third-order valence-electron chi connectivity index (χ3n) is 5.13. The van der Waals surface area contributed by atoms with Crippen LogP contribution in [0.4, 0.5) is 0 Å². The molecule has 1 amide bonds. The predicted octanol–water partition coefficient (Wildman–Crippen LogP) is 2.77. The van der Waals surface area contributed by atoms with Gasteiger partial charge in [-0.25, -0.2) is 8.42 Å². The molecule has 8 heteroatoms. The first-order valence-corrected chi connectivity index (χ1v) is 11.0. The lowest BCUT2D eigenvalue weighted by Gasteiger charge is -2.35. The van der Waals surface area contributed by atoms with Crippen molar-refractivity contribution < 1.29 is 17.9 Å². The lowest BCUT2D eigenvalue weighted by molar-refractivity contribution is 0.0607. The number of ether oxygens (including phenoxy) is 1. The van der Waals surface area contributed by atoms with Crippen LogP contribution in [-0.2, 0) is 14.8 Å². The number of piperidine rings is 1. The molecular weight excluding hydrogens is 376 g/mol. The number of sulfonamides is 1. The zero-order chi connectivity index (χ0) is 18.7. The maximum Gasteiger partial charge on any atom is 0.254 e. The molecule has 26 heavy (non-hydrogen) atoms. The molecule has 1 unspecified atom stereocenters. The molecule has 0 saturated carbocycles. The van der Waals surface area contributed by atoms with Gasteiger partial charge < -0.3 is 9.64 Å². The third kappa shape index (κ3) is 3.91. The van der Waals surface area contributed by atoms with Crippen LogP contribution in [0.1, 0.15) is 43.0 Å². The van der Waals surface area contributed by atoms with Crippen molar-refractivity contribution in [2.75, 3.05) is 32.8 Å². The van der Waals surface area contributed by atoms with E-state index in [1.807, 2.05) is 4.90 Å². The molecule has 6 nitrogen and oxygen atoms in total. The molecule has 1 aromatic rings. The molecular formula is C18H25ClN2O4S. The van der Waals surface area contributed by atoms with Crippen molar-refractivity contribution in [3.63, 3.8) is 0 Å². The molecule has 2 aliphatic heterocycles. The van der Waals surface area contributed by atoms with E-state index in [1.54, 1.807) is 6.07 Å². The standard InChI is InChI=1S/C18H25ClN2O4S/c1-2-15-5-3-4-8-21(15)18(22)14-6-7-16(19)17(13-14)26(23,24)20-9-11-25-12-10-20/h6-7,13,15H,2-5,8-12H2,1H3. The Labute approximate surface area is 160 Å². The van der Waals surface area contributed by atoms with Crippen molar-refractivity contribution in [1.29, 1.82) is 0 Å². The molecule has 0 aliphatic carbocycles. The first kappa shape index (κ1) is 19.6. The number of likely N-dealkylation sites (tertiary alicyclic amines) is 1. The summed E-state index contributed by atoms with van der Waals surface area (Å²) in [4.78, 5) is 14.9. The second-order valence-corrected chi connectivity index (χ2v) is 9.03. The van der Waals surface area contributed by atoms with Gasteiger partial charge in [-0.2, -0.15) is 4.31 Å². The highest BCUT2D eigenvalue weighted by atomic mass is 35.5. The molecule has 0 radical (unpaired) electrons. The van der Waals surface area contributed by atoms with Crippen LogP contribution in [0.3, 0.4) is 0 Å². The van der Waals surface area contributed by atoms with Gasteiger partial charge in [0.05, 0.1) is 18.2 Å². The summed E-state index contributed by atoms with van der Waals surface area (Å²) in [6.07, 6.45) is 4.00. The van der Waals surface area contributed by atoms with Crippen LogP contribution in [-0.4, -0.2) is 62.4 Å². The summed E-state index contributed by atoms with van der Waals surface area (Å²) in [6.45, 7) is 4.10. The zero-order valence-corrected chi connectivity index (χ0v) is 16.6. The number of carbonyl (C=O) groups is 1. The molecule has 0 bridgehead atoms. The predicted molar refractivity (Wildman–Crippen MR) is 100.0 cm³/mol. The number of carbonyl (C=O) groups excluding carboxylic acids is 1. The van der Waals surface area contributed by atoms with E-state index in [2.05, 4.69) is 6.92 Å². The number of morpholine rings is 1. The largest absolute Gasteiger partial charge is 0.379 e. The zero-order valence-electron chi connectivity index (χ0n) is 15.0. The van der Waals surface area contributed by atoms with E-state index < -0.39 is 10.0 Å². The second kappa shape index (κ2) is 8.25. The Morgan fingerprint density at radius 2 is 1.96 bits per heavy atom. The SMILES string of the molecule is CCC1CCCCN1C(=O)c1ccc(Cl)c(S(=O)(=O)N2CCOCC2)c1. The van der Waals surface area contributed by atoms with Gasteiger partial charge >= 0.3 is 0 Å². The van der Waals surface area contributed by atoms with Gasteiger partial charge in [-0.05, 0) is 43.9 Å². The van der Waals surface area contributed by atoms with E-state index >= 15 is 0 Å². The van der Waals surface area contributed by atoms with Crippen molar-refractivity contribution >= 4 is 27.5 Å². The first-order chi connectivity index (χ1) is 12.4. The lowest BCUT2D eigenvalue weighted by Crippen LogP contribution is -2.43. The van der Waals surface area contributed by atoms with Crippen LogP contribution in [0.15, 0.2) is 23.1 Å². The maximum atomic E-state index is 13.0. The van der Waals surface area contributed by atoms with E-state index in [0.29, 0.717) is 38.4 Å². The fraction of sp³-hybridized carbons (Fsp3) is 0.611. The van der Waals surface area contributed by atoms with Gasteiger partial charge in [-0.1, -0.05) is 18.5 Å². The van der Waals surface area contributed by atoms with Crippen LogP contribution in [0.25, 0.3) is 0 Å². The van der Waals surface area contributed by atoms with Crippen molar-refractivity contribution in [3.05, 3.63) is 28.8 Å². The van der Waals surface area contributed by atoms with E-state index in [4.69, 9.17) is 16.3 Å². The van der Waals surface area contributed by atoms with Gasteiger partial charge in [0, 0.05) is 31.2 Å². The summed E-state index contributed by atoms with van der Waals surface area (Å²) in [5, 5.41) is 0.138. The van der Waals surface area contributed by atoms with E-state index in [1.165, 1.54) is 16.4 Å². The summed E-state index contributed by atoms with van der Waals surface area (Å²) in [5.74, 6) is -0.119. The number of hydrogen-bond acceptors (Lipinski definition) is 4. The van der Waals surface area contributed by atoms with Crippen molar-refractivity contribution in [1.82, 2.24) is 9.21 Å². The highest BCUT2D eigenvalue weighted by molar-refractivity contribution is 7.89. The maximum absolute atomic E-state index is 13.0. The molecule has 2 saturated heterocycles. The Kier molecular flexibility index (Phi) is 6.22. The Balaban J connectivity index is 1.91. The fourth-order valence-corrected chi connectivity index (χ4v) is 5.53. The molecule has 144 valence electrons. The van der Waals surface area contributed by atoms with Gasteiger partial charge in [0.25, 0.3) is 5.91 Å². The number of benzene rings is 1. The summed E-state index contributed by atoms with van der Waals surface area (Å²) in [7, 11) is -3.75. The van der Waals surface area contributed by atoms with Crippen molar-refractivity contribution in [2.45, 2.75) is 43.5 Å². The highest BCUT2D eigenvalue weighted by Crippen LogP contribution is 2.28. The normalized spacial score (nSPS) is 22.4. The quantitative estimate of drug-likeness (QED) is 0.779. The minimum atomic E-state index is -3.75. The summed E-state index contributed by atoms with van der Waals surface area (Å²) in [5.41, 5.74) is 0.376. The van der Waals surface area contributed by atoms with Gasteiger partial charge in [-0.15, -0.1) is 0 Å². The number of amides is 1. The first-order valence-electron chi connectivity index (χ1n) is 9.13. The van der Waals surface area contributed by atoms with Crippen molar-refractivity contribution in [2.24, 2.45) is 0 Å². The average Bonchev–Trinajstić information content (AvgIpc) is 2.68. The van der Waals surface area contributed by atoms with Crippen LogP contribution < -0.4 is 0 Å². The average molecular weight is 401 g/mol. The number of halogens is 1. The Hall–Kier alpha value is -1.15. The topological polar surface area (TPSA) is 66.9 Å². The highest BCUT2D eigenvalue weighted by Gasteiger charge is 2.31. The van der Waals surface area contributed by atoms with Crippen LogP contribution in [0.2, 0.25) is 5.02 Å². The molecule has 0 spiro atoms. The van der Waals surface area contributed by atoms with Gasteiger partial charge in [0.1, 0.15) is 4.90 Å². The molecule has 1 atom stereocenters. The number of nitrogens with zero attached hydrogens (tertiary/aromatic N) is 2. The number of rotatable bonds is 4. The minimum absolute atomic E-state index is 0.00280. The van der Waals surface area contributed by atoms with E-state index in [0.717, 1.165) is 25.7 Å². The van der Waals surface area contributed by atoms with Gasteiger partial charge in [0.2, 0.25) is 10.0 Å². The summed E-state index contributed by atoms with van der Waals surface area (Å²) in [6, 6.07) is 4.76. The Morgan fingerprint density at radius 1 is 1.23 bits per heavy atom. The smallest absolute Gasteiger partial charge is 0.254 e. The molecule has 2 fully saturated rings. The molecule has 3 rings (SSSR count). The van der Waals surface area contributed by atoms with Gasteiger partial charge in [-0.3, -0.25) is 4.79 Å². The molecule has 2 aliphatic rings.